The summed E-state index contributed by atoms with van der Waals surface area (Å²) in [5.41, 5.74) is 1.79. The summed E-state index contributed by atoms with van der Waals surface area (Å²) in [6.07, 6.45) is 2.26. The van der Waals surface area contributed by atoms with E-state index in [9.17, 15) is 13.5 Å². The number of aliphatic hydroxyl groups excluding tert-OH is 1. The van der Waals surface area contributed by atoms with Crippen molar-refractivity contribution < 1.29 is 13.5 Å². The molecule has 0 radical (unpaired) electrons. The van der Waals surface area contributed by atoms with Crippen LogP contribution in [0.2, 0.25) is 0 Å². The van der Waals surface area contributed by atoms with Crippen molar-refractivity contribution in [2.24, 2.45) is 5.92 Å². The average molecular weight is 283 g/mol. The lowest BCUT2D eigenvalue weighted by atomic mass is 10.1. The second-order valence-electron chi connectivity index (χ2n) is 5.38. The van der Waals surface area contributed by atoms with Crippen LogP contribution in [0.1, 0.15) is 30.4 Å². The van der Waals surface area contributed by atoms with Crippen LogP contribution in [0.25, 0.3) is 0 Å². The van der Waals surface area contributed by atoms with Gasteiger partial charge in [-0.3, -0.25) is 0 Å². The molecule has 1 aromatic rings. The van der Waals surface area contributed by atoms with Crippen LogP contribution in [0.4, 0.5) is 0 Å². The molecule has 0 amide bonds. The molecule has 0 heterocycles. The van der Waals surface area contributed by atoms with Gasteiger partial charge in [0, 0.05) is 6.54 Å². The average Bonchev–Trinajstić information content (AvgIpc) is 2.72. The number of nitrogens with one attached hydrogen (secondary N) is 1. The van der Waals surface area contributed by atoms with Crippen LogP contribution in [-0.2, 0) is 10.0 Å². The number of sulfonamides is 1. The van der Waals surface area contributed by atoms with Gasteiger partial charge in [-0.1, -0.05) is 24.1 Å². The highest BCUT2D eigenvalue weighted by molar-refractivity contribution is 7.89. The van der Waals surface area contributed by atoms with E-state index in [1.54, 1.807) is 19.1 Å². The third-order valence-corrected chi connectivity index (χ3v) is 5.36. The van der Waals surface area contributed by atoms with Crippen LogP contribution in [0.5, 0.6) is 0 Å². The van der Waals surface area contributed by atoms with Gasteiger partial charge in [0.25, 0.3) is 0 Å². The first-order valence-electron chi connectivity index (χ1n) is 6.65. The lowest BCUT2D eigenvalue weighted by Crippen LogP contribution is -2.32. The molecular weight excluding hydrogens is 262 g/mol. The smallest absolute Gasteiger partial charge is 0.240 e. The summed E-state index contributed by atoms with van der Waals surface area (Å²) in [6.45, 7) is 4.05. The molecule has 5 heteroatoms. The van der Waals surface area contributed by atoms with Gasteiger partial charge in [0.15, 0.2) is 0 Å². The van der Waals surface area contributed by atoms with E-state index in [0.29, 0.717) is 11.4 Å². The Morgan fingerprint density at radius 2 is 2.05 bits per heavy atom. The van der Waals surface area contributed by atoms with E-state index in [1.165, 1.54) is 0 Å². The molecule has 0 spiro atoms. The Kier molecular flexibility index (Phi) is 4.28. The molecule has 1 aliphatic rings. The first kappa shape index (κ1) is 14.5. The van der Waals surface area contributed by atoms with E-state index >= 15 is 0 Å². The maximum absolute atomic E-state index is 12.2. The number of aryl methyl sites for hydroxylation is 2. The van der Waals surface area contributed by atoms with Crippen LogP contribution in [0.3, 0.4) is 0 Å². The summed E-state index contributed by atoms with van der Waals surface area (Å²) in [7, 11) is -3.48. The monoisotopic (exact) mass is 283 g/mol. The fourth-order valence-electron chi connectivity index (χ4n) is 2.65. The van der Waals surface area contributed by atoms with E-state index in [-0.39, 0.29) is 12.0 Å². The lowest BCUT2D eigenvalue weighted by molar-refractivity contribution is 0.134. The Morgan fingerprint density at radius 1 is 1.32 bits per heavy atom. The molecule has 1 aromatic carbocycles. The number of hydrogen-bond donors (Lipinski definition) is 2. The van der Waals surface area contributed by atoms with Crippen LogP contribution < -0.4 is 4.72 Å². The summed E-state index contributed by atoms with van der Waals surface area (Å²) >= 11 is 0. The third kappa shape index (κ3) is 3.35. The van der Waals surface area contributed by atoms with Crippen molar-refractivity contribution in [2.75, 3.05) is 6.54 Å². The fraction of sp³-hybridized carbons (Fsp3) is 0.571. The van der Waals surface area contributed by atoms with Gasteiger partial charge in [-0.25, -0.2) is 13.1 Å². The molecule has 1 fully saturated rings. The van der Waals surface area contributed by atoms with Gasteiger partial charge in [0.2, 0.25) is 10.0 Å². The molecule has 2 unspecified atom stereocenters. The second kappa shape index (κ2) is 5.61. The highest BCUT2D eigenvalue weighted by Gasteiger charge is 2.27. The molecule has 0 aliphatic heterocycles. The van der Waals surface area contributed by atoms with Gasteiger partial charge < -0.3 is 5.11 Å². The number of benzene rings is 1. The largest absolute Gasteiger partial charge is 0.393 e. The summed E-state index contributed by atoms with van der Waals surface area (Å²) in [4.78, 5) is 0.325. The Balaban J connectivity index is 2.09. The van der Waals surface area contributed by atoms with Crippen LogP contribution in [0.15, 0.2) is 23.1 Å². The molecule has 19 heavy (non-hydrogen) atoms. The first-order valence-corrected chi connectivity index (χ1v) is 8.13. The highest BCUT2D eigenvalue weighted by atomic mass is 32.2. The van der Waals surface area contributed by atoms with Crippen molar-refractivity contribution in [3.05, 3.63) is 29.3 Å². The van der Waals surface area contributed by atoms with Gasteiger partial charge in [0.05, 0.1) is 11.0 Å². The minimum Gasteiger partial charge on any atom is -0.393 e. The predicted octanol–water partition coefficient (Wildman–Crippen LogP) is 1.74. The van der Waals surface area contributed by atoms with Gasteiger partial charge in [0.1, 0.15) is 0 Å². The zero-order chi connectivity index (χ0) is 14.0. The number of hydrogen-bond acceptors (Lipinski definition) is 3. The Labute approximate surface area is 114 Å². The maximum Gasteiger partial charge on any atom is 0.240 e. The minimum atomic E-state index is -3.48. The Morgan fingerprint density at radius 3 is 2.63 bits per heavy atom. The third-order valence-electron chi connectivity index (χ3n) is 3.77. The first-order chi connectivity index (χ1) is 8.90. The van der Waals surface area contributed by atoms with E-state index in [2.05, 4.69) is 4.72 Å². The van der Waals surface area contributed by atoms with E-state index in [1.807, 2.05) is 13.0 Å². The van der Waals surface area contributed by atoms with Crippen molar-refractivity contribution >= 4 is 10.0 Å². The fourth-order valence-corrected chi connectivity index (χ4v) is 3.97. The molecule has 2 rings (SSSR count). The molecule has 0 bridgehead atoms. The molecular formula is C14H21NO3S. The van der Waals surface area contributed by atoms with Crippen molar-refractivity contribution in [1.29, 1.82) is 0 Å². The molecule has 4 nitrogen and oxygen atoms in total. The lowest BCUT2D eigenvalue weighted by Gasteiger charge is -2.16. The van der Waals surface area contributed by atoms with Crippen LogP contribution in [0, 0.1) is 19.8 Å². The summed E-state index contributed by atoms with van der Waals surface area (Å²) in [6, 6.07) is 5.29. The van der Waals surface area contributed by atoms with Crippen molar-refractivity contribution in [3.8, 4) is 0 Å². The maximum atomic E-state index is 12.2. The summed E-state index contributed by atoms with van der Waals surface area (Å²) in [5.74, 6) is 0.0422. The van der Waals surface area contributed by atoms with Crippen molar-refractivity contribution in [1.82, 2.24) is 4.72 Å². The molecule has 2 atom stereocenters. The van der Waals surface area contributed by atoms with Crippen molar-refractivity contribution in [3.63, 3.8) is 0 Å². The minimum absolute atomic E-state index is 0.0422. The van der Waals surface area contributed by atoms with Gasteiger partial charge >= 0.3 is 0 Å². The second-order valence-corrected chi connectivity index (χ2v) is 7.11. The van der Waals surface area contributed by atoms with Gasteiger partial charge in [-0.15, -0.1) is 0 Å². The highest BCUT2D eigenvalue weighted by Crippen LogP contribution is 2.25. The molecule has 1 aliphatic carbocycles. The van der Waals surface area contributed by atoms with Crippen molar-refractivity contribution in [2.45, 2.75) is 44.1 Å². The predicted molar refractivity (Wildman–Crippen MR) is 74.5 cm³/mol. The zero-order valence-corrected chi connectivity index (χ0v) is 12.2. The quantitative estimate of drug-likeness (QED) is 0.884. The molecule has 0 saturated heterocycles. The summed E-state index contributed by atoms with van der Waals surface area (Å²) in [5, 5.41) is 9.71. The Hall–Kier alpha value is -0.910. The molecule has 2 N–H and O–H groups in total. The van der Waals surface area contributed by atoms with E-state index < -0.39 is 10.0 Å². The number of rotatable bonds is 4. The SMILES string of the molecule is Cc1ccc(S(=O)(=O)NCC2CCCC2O)c(C)c1. The normalized spacial score (nSPS) is 23.7. The van der Waals surface area contributed by atoms with Gasteiger partial charge in [-0.2, -0.15) is 0 Å². The van der Waals surface area contributed by atoms with Gasteiger partial charge in [-0.05, 0) is 44.2 Å². The summed E-state index contributed by atoms with van der Waals surface area (Å²) < 4.78 is 27.1. The van der Waals surface area contributed by atoms with E-state index in [0.717, 1.165) is 30.4 Å². The molecule has 0 aromatic heterocycles. The molecule has 106 valence electrons. The zero-order valence-electron chi connectivity index (χ0n) is 11.4. The van der Waals surface area contributed by atoms with Crippen LogP contribution in [-0.4, -0.2) is 26.2 Å². The van der Waals surface area contributed by atoms with E-state index in [4.69, 9.17) is 0 Å². The molecule has 1 saturated carbocycles. The van der Waals surface area contributed by atoms with Crippen LogP contribution >= 0.6 is 0 Å². The number of aliphatic hydroxyl groups is 1. The topological polar surface area (TPSA) is 66.4 Å². The Bertz CT molecular complexity index is 554. The standard InChI is InChI=1S/C14H21NO3S/c1-10-6-7-14(11(2)8-10)19(17,18)15-9-12-4-3-5-13(12)16/h6-8,12-13,15-16H,3-5,9H2,1-2H3.